The Morgan fingerprint density at radius 1 is 1.53 bits per heavy atom. The van der Waals surface area contributed by atoms with Crippen molar-refractivity contribution in [2.24, 2.45) is 4.99 Å². The van der Waals surface area contributed by atoms with Crippen LogP contribution in [0.3, 0.4) is 0 Å². The number of rotatable bonds is 2. The number of methoxy groups -OCH3 is 1. The number of aryl methyl sites for hydroxylation is 1. The van der Waals surface area contributed by atoms with Crippen molar-refractivity contribution in [2.75, 3.05) is 7.11 Å². The Morgan fingerprint density at radius 2 is 2.20 bits per heavy atom. The van der Waals surface area contributed by atoms with Gasteiger partial charge < -0.3 is 4.74 Å². The Morgan fingerprint density at radius 3 is 2.73 bits per heavy atom. The van der Waals surface area contributed by atoms with E-state index in [1.807, 2.05) is 6.92 Å². The second-order valence-corrected chi connectivity index (χ2v) is 3.98. The van der Waals surface area contributed by atoms with E-state index in [-0.39, 0.29) is 11.3 Å². The Hall–Kier alpha value is -1.20. The molecule has 0 amide bonds. The fraction of sp³-hybridized carbons (Fsp3) is 0.200. The zero-order chi connectivity index (χ0) is 11.4. The van der Waals surface area contributed by atoms with Crippen LogP contribution in [0.15, 0.2) is 17.1 Å². The standard InChI is InChI=1S/C10H8INO3/c1-6-3-9(12-5-13)7(4-8(6)11)10(14)15-2/h3-4H,1-2H3. The molecule has 0 aliphatic rings. The first-order valence-electron chi connectivity index (χ1n) is 4.06. The van der Waals surface area contributed by atoms with Gasteiger partial charge in [0.25, 0.3) is 0 Å². The maximum Gasteiger partial charge on any atom is 0.340 e. The highest BCUT2D eigenvalue weighted by atomic mass is 127. The molecule has 0 aliphatic heterocycles. The third-order valence-electron chi connectivity index (χ3n) is 1.85. The molecule has 4 nitrogen and oxygen atoms in total. The molecule has 0 saturated carbocycles. The van der Waals surface area contributed by atoms with Gasteiger partial charge in [-0.3, -0.25) is 0 Å². The predicted octanol–water partition coefficient (Wildman–Crippen LogP) is 2.35. The molecule has 0 aliphatic carbocycles. The van der Waals surface area contributed by atoms with Crippen LogP contribution in [0.4, 0.5) is 5.69 Å². The smallest absolute Gasteiger partial charge is 0.340 e. The van der Waals surface area contributed by atoms with Crippen molar-refractivity contribution in [1.29, 1.82) is 0 Å². The zero-order valence-electron chi connectivity index (χ0n) is 8.20. The minimum absolute atomic E-state index is 0.274. The lowest BCUT2D eigenvalue weighted by Crippen LogP contribution is -2.02. The predicted molar refractivity (Wildman–Crippen MR) is 63.0 cm³/mol. The Labute approximate surface area is 100 Å². The Bertz CT molecular complexity index is 450. The van der Waals surface area contributed by atoms with E-state index in [2.05, 4.69) is 32.3 Å². The third-order valence-corrected chi connectivity index (χ3v) is 3.01. The number of benzene rings is 1. The lowest BCUT2D eigenvalue weighted by Gasteiger charge is -2.05. The molecule has 0 bridgehead atoms. The molecule has 15 heavy (non-hydrogen) atoms. The van der Waals surface area contributed by atoms with Crippen molar-refractivity contribution in [3.63, 3.8) is 0 Å². The van der Waals surface area contributed by atoms with Crippen LogP contribution in [0.25, 0.3) is 0 Å². The summed E-state index contributed by atoms with van der Waals surface area (Å²) in [5.41, 5.74) is 1.50. The monoisotopic (exact) mass is 317 g/mol. The maximum absolute atomic E-state index is 11.4. The van der Waals surface area contributed by atoms with Gasteiger partial charge in [-0.15, -0.1) is 0 Å². The van der Waals surface area contributed by atoms with Gasteiger partial charge in [0.1, 0.15) is 0 Å². The molecule has 0 heterocycles. The summed E-state index contributed by atoms with van der Waals surface area (Å²) < 4.78 is 5.50. The fourth-order valence-electron chi connectivity index (χ4n) is 1.08. The van der Waals surface area contributed by atoms with Gasteiger partial charge in [-0.1, -0.05) is 0 Å². The van der Waals surface area contributed by atoms with Gasteiger partial charge in [0, 0.05) is 3.57 Å². The number of aliphatic imine (C=N–C) groups is 1. The van der Waals surface area contributed by atoms with Crippen LogP contribution in [-0.4, -0.2) is 19.2 Å². The quantitative estimate of drug-likeness (QED) is 0.364. The van der Waals surface area contributed by atoms with E-state index < -0.39 is 5.97 Å². The topological polar surface area (TPSA) is 55.7 Å². The molecule has 5 heteroatoms. The minimum atomic E-state index is -0.512. The fourth-order valence-corrected chi connectivity index (χ4v) is 1.55. The van der Waals surface area contributed by atoms with E-state index >= 15 is 0 Å². The van der Waals surface area contributed by atoms with Crippen molar-refractivity contribution in [3.05, 3.63) is 26.8 Å². The Balaban J connectivity index is 3.40. The van der Waals surface area contributed by atoms with Gasteiger partial charge in [0.2, 0.25) is 6.08 Å². The van der Waals surface area contributed by atoms with E-state index in [9.17, 15) is 9.59 Å². The van der Waals surface area contributed by atoms with E-state index in [1.54, 1.807) is 12.1 Å². The molecule has 78 valence electrons. The van der Waals surface area contributed by atoms with Gasteiger partial charge in [0.05, 0.1) is 18.4 Å². The summed E-state index contributed by atoms with van der Waals surface area (Å²) >= 11 is 2.10. The molecule has 0 N–H and O–H groups in total. The summed E-state index contributed by atoms with van der Waals surface area (Å²) in [6, 6.07) is 3.29. The van der Waals surface area contributed by atoms with Gasteiger partial charge in [-0.05, 0) is 47.2 Å². The Kier molecular flexibility index (Phi) is 3.99. The first-order chi connectivity index (χ1) is 7.10. The summed E-state index contributed by atoms with van der Waals surface area (Å²) in [5, 5.41) is 0. The molecule has 0 fully saturated rings. The summed E-state index contributed by atoms with van der Waals surface area (Å²) in [6.07, 6.45) is 1.41. The molecule has 0 spiro atoms. The molecule has 1 rings (SSSR count). The number of isocyanates is 1. The molecule has 1 aromatic carbocycles. The molecule has 0 unspecified atom stereocenters. The van der Waals surface area contributed by atoms with Gasteiger partial charge in [0.15, 0.2) is 0 Å². The van der Waals surface area contributed by atoms with Crippen LogP contribution in [0.5, 0.6) is 0 Å². The first-order valence-corrected chi connectivity index (χ1v) is 5.14. The number of nitrogens with zero attached hydrogens (tertiary/aromatic N) is 1. The maximum atomic E-state index is 11.4. The number of hydrogen-bond donors (Lipinski definition) is 0. The average molecular weight is 317 g/mol. The zero-order valence-corrected chi connectivity index (χ0v) is 10.4. The van der Waals surface area contributed by atoms with Crippen molar-refractivity contribution in [2.45, 2.75) is 6.92 Å². The molecule has 0 saturated heterocycles. The number of hydrogen-bond acceptors (Lipinski definition) is 4. The van der Waals surface area contributed by atoms with E-state index in [4.69, 9.17) is 0 Å². The lowest BCUT2D eigenvalue weighted by atomic mass is 10.1. The molecular formula is C10H8INO3. The summed E-state index contributed by atoms with van der Waals surface area (Å²) in [6.45, 7) is 1.87. The van der Waals surface area contributed by atoms with Crippen molar-refractivity contribution in [1.82, 2.24) is 0 Å². The number of carbonyl (C=O) groups excluding carboxylic acids is 2. The lowest BCUT2D eigenvalue weighted by molar-refractivity contribution is 0.0601. The van der Waals surface area contributed by atoms with Crippen LogP contribution >= 0.6 is 22.6 Å². The largest absolute Gasteiger partial charge is 0.465 e. The number of halogens is 1. The van der Waals surface area contributed by atoms with Crippen LogP contribution in [0.1, 0.15) is 15.9 Å². The van der Waals surface area contributed by atoms with Crippen molar-refractivity contribution in [3.8, 4) is 0 Å². The summed E-state index contributed by atoms with van der Waals surface area (Å²) in [7, 11) is 1.28. The van der Waals surface area contributed by atoms with Crippen molar-refractivity contribution >= 4 is 40.3 Å². The molecular weight excluding hydrogens is 309 g/mol. The number of carbonyl (C=O) groups is 1. The van der Waals surface area contributed by atoms with Gasteiger partial charge >= 0.3 is 5.97 Å². The number of esters is 1. The normalized spacial score (nSPS) is 9.27. The van der Waals surface area contributed by atoms with Gasteiger partial charge in [-0.2, -0.15) is 4.99 Å². The highest BCUT2D eigenvalue weighted by Gasteiger charge is 2.13. The summed E-state index contributed by atoms with van der Waals surface area (Å²) in [5.74, 6) is -0.512. The number of ether oxygens (including phenoxy) is 1. The highest BCUT2D eigenvalue weighted by molar-refractivity contribution is 14.1. The molecule has 0 aromatic heterocycles. The van der Waals surface area contributed by atoms with E-state index in [0.29, 0.717) is 0 Å². The SMILES string of the molecule is COC(=O)c1cc(I)c(C)cc1N=C=O. The van der Waals surface area contributed by atoms with Gasteiger partial charge in [-0.25, -0.2) is 9.59 Å². The van der Waals surface area contributed by atoms with Crippen LogP contribution in [0, 0.1) is 10.5 Å². The second-order valence-electron chi connectivity index (χ2n) is 2.81. The summed E-state index contributed by atoms with van der Waals surface area (Å²) in [4.78, 5) is 25.0. The van der Waals surface area contributed by atoms with Crippen molar-refractivity contribution < 1.29 is 14.3 Å². The molecule has 1 aromatic rings. The van der Waals surface area contributed by atoms with E-state index in [0.717, 1.165) is 9.13 Å². The molecule has 0 atom stereocenters. The average Bonchev–Trinajstić information content (AvgIpc) is 2.22. The molecule has 0 radical (unpaired) electrons. The third kappa shape index (κ3) is 2.64. The van der Waals surface area contributed by atoms with E-state index in [1.165, 1.54) is 13.2 Å². The van der Waals surface area contributed by atoms with Crippen LogP contribution < -0.4 is 0 Å². The van der Waals surface area contributed by atoms with Crippen LogP contribution in [0.2, 0.25) is 0 Å². The van der Waals surface area contributed by atoms with Crippen LogP contribution in [-0.2, 0) is 9.53 Å². The first kappa shape index (κ1) is 11.9. The minimum Gasteiger partial charge on any atom is -0.465 e. The highest BCUT2D eigenvalue weighted by Crippen LogP contribution is 2.25. The second kappa shape index (κ2) is 5.04.